The van der Waals surface area contributed by atoms with Crippen LogP contribution in [0.3, 0.4) is 0 Å². The molecule has 2 heterocycles. The number of rotatable bonds is 0. The highest BCUT2D eigenvalue weighted by molar-refractivity contribution is 6.18. The lowest BCUT2D eigenvalue weighted by Crippen LogP contribution is -2.61. The second kappa shape index (κ2) is 6.73. The van der Waals surface area contributed by atoms with Crippen molar-refractivity contribution in [3.05, 3.63) is 105 Å². The molecule has 36 heavy (non-hydrogen) atoms. The Kier molecular flexibility index (Phi) is 3.95. The molecule has 2 aromatic carbocycles. The lowest BCUT2D eigenvalue weighted by molar-refractivity contribution is -0.162. The molecule has 6 atom stereocenters. The SMILES string of the molecule is CC1=C(O)C(=O)O[C@@]12[C@@H]1C3=C(N[C@H]2c2ccccc2[C@H]1O)C1C(=O)c2ccccc2C(=O)C1C(O)=C3. The fraction of sp³-hybridized carbons (Fsp3) is 0.250. The predicted molar refractivity (Wildman–Crippen MR) is 125 cm³/mol. The first kappa shape index (κ1) is 21.1. The second-order valence-electron chi connectivity index (χ2n) is 9.95. The number of aliphatic hydroxyl groups excluding tert-OH is 3. The van der Waals surface area contributed by atoms with Crippen LogP contribution in [0.1, 0.15) is 50.9 Å². The molecule has 1 spiro atoms. The van der Waals surface area contributed by atoms with E-state index in [-0.39, 0.29) is 34.0 Å². The van der Waals surface area contributed by atoms with Crippen molar-refractivity contribution < 1.29 is 34.4 Å². The molecule has 3 aliphatic carbocycles. The van der Waals surface area contributed by atoms with Crippen LogP contribution in [0, 0.1) is 17.8 Å². The van der Waals surface area contributed by atoms with Gasteiger partial charge < -0.3 is 25.4 Å². The normalized spacial score (nSPS) is 33.9. The van der Waals surface area contributed by atoms with E-state index >= 15 is 0 Å². The second-order valence-corrected chi connectivity index (χ2v) is 9.95. The number of aliphatic hydroxyl groups is 3. The zero-order valence-electron chi connectivity index (χ0n) is 19.1. The Morgan fingerprint density at radius 1 is 0.889 bits per heavy atom. The summed E-state index contributed by atoms with van der Waals surface area (Å²) < 4.78 is 5.85. The fourth-order valence-corrected chi connectivity index (χ4v) is 6.89. The topological polar surface area (TPSA) is 133 Å². The van der Waals surface area contributed by atoms with E-state index in [0.717, 1.165) is 0 Å². The van der Waals surface area contributed by atoms with Gasteiger partial charge in [0, 0.05) is 22.4 Å². The van der Waals surface area contributed by atoms with E-state index in [4.69, 9.17) is 4.74 Å². The first-order chi connectivity index (χ1) is 17.3. The van der Waals surface area contributed by atoms with Crippen molar-refractivity contribution in [3.8, 4) is 0 Å². The van der Waals surface area contributed by atoms with Crippen molar-refractivity contribution >= 4 is 17.5 Å². The van der Waals surface area contributed by atoms with Gasteiger partial charge in [0.25, 0.3) is 0 Å². The van der Waals surface area contributed by atoms with Crippen LogP contribution < -0.4 is 5.32 Å². The minimum atomic E-state index is -1.49. The van der Waals surface area contributed by atoms with Crippen molar-refractivity contribution in [3.63, 3.8) is 0 Å². The van der Waals surface area contributed by atoms with Gasteiger partial charge in [-0.15, -0.1) is 0 Å². The molecule has 2 bridgehead atoms. The Bertz CT molecular complexity index is 1530. The van der Waals surface area contributed by atoms with E-state index < -0.39 is 47.2 Å². The van der Waals surface area contributed by atoms with Crippen molar-refractivity contribution in [2.45, 2.75) is 24.7 Å². The number of ether oxygens (including phenoxy) is 1. The smallest absolute Gasteiger partial charge is 0.374 e. The summed E-state index contributed by atoms with van der Waals surface area (Å²) in [5.41, 5.74) is 1.35. The van der Waals surface area contributed by atoms with Gasteiger partial charge in [0.05, 0.1) is 29.9 Å². The van der Waals surface area contributed by atoms with Crippen LogP contribution >= 0.6 is 0 Å². The minimum Gasteiger partial charge on any atom is -0.511 e. The maximum atomic E-state index is 13.8. The number of carbonyl (C=O) groups is 3. The molecule has 0 radical (unpaired) electrons. The Hall–Kier alpha value is -4.17. The molecule has 0 amide bonds. The monoisotopic (exact) mass is 483 g/mol. The van der Waals surface area contributed by atoms with Crippen molar-refractivity contribution in [1.82, 2.24) is 5.32 Å². The van der Waals surface area contributed by atoms with E-state index in [1.54, 1.807) is 55.5 Å². The largest absolute Gasteiger partial charge is 0.511 e. The molecule has 8 nitrogen and oxygen atoms in total. The molecule has 5 aliphatic rings. The molecule has 2 aromatic rings. The molecule has 0 fully saturated rings. The summed E-state index contributed by atoms with van der Waals surface area (Å²) >= 11 is 0. The summed E-state index contributed by atoms with van der Waals surface area (Å²) in [6, 6.07) is 12.9. The average Bonchev–Trinajstić information content (AvgIpc) is 3.09. The molecular formula is C28H21NO7. The predicted octanol–water partition coefficient (Wildman–Crippen LogP) is 3.14. The van der Waals surface area contributed by atoms with Crippen molar-refractivity contribution in [2.24, 2.45) is 17.8 Å². The van der Waals surface area contributed by atoms with Crippen LogP contribution in [0.2, 0.25) is 0 Å². The lowest BCUT2D eigenvalue weighted by atomic mass is 9.57. The lowest BCUT2D eigenvalue weighted by Gasteiger charge is -2.55. The maximum Gasteiger partial charge on any atom is 0.374 e. The zero-order chi connectivity index (χ0) is 25.1. The molecule has 180 valence electrons. The number of hydrogen-bond acceptors (Lipinski definition) is 8. The number of allylic oxidation sites excluding steroid dienone is 3. The Balaban J connectivity index is 1.51. The van der Waals surface area contributed by atoms with E-state index in [0.29, 0.717) is 22.4 Å². The van der Waals surface area contributed by atoms with Gasteiger partial charge in [-0.25, -0.2) is 4.79 Å². The van der Waals surface area contributed by atoms with Crippen LogP contribution in [0.25, 0.3) is 0 Å². The minimum absolute atomic E-state index is 0.251. The molecule has 2 unspecified atom stereocenters. The Morgan fingerprint density at radius 3 is 2.14 bits per heavy atom. The van der Waals surface area contributed by atoms with Crippen LogP contribution in [-0.2, 0) is 9.53 Å². The van der Waals surface area contributed by atoms with Crippen molar-refractivity contribution in [2.75, 3.05) is 0 Å². The van der Waals surface area contributed by atoms with Gasteiger partial charge in [0.2, 0.25) is 5.76 Å². The maximum absolute atomic E-state index is 13.8. The number of fused-ring (bicyclic) bond motifs is 6. The van der Waals surface area contributed by atoms with Gasteiger partial charge in [0.15, 0.2) is 17.2 Å². The highest BCUT2D eigenvalue weighted by Crippen LogP contribution is 2.62. The molecule has 4 N–H and O–H groups in total. The summed E-state index contributed by atoms with van der Waals surface area (Å²) in [5.74, 6) is -5.45. The van der Waals surface area contributed by atoms with Crippen LogP contribution in [0.5, 0.6) is 0 Å². The molecule has 8 heteroatoms. The summed E-state index contributed by atoms with van der Waals surface area (Å²) in [5, 5.41) is 36.7. The van der Waals surface area contributed by atoms with E-state index in [1.165, 1.54) is 6.08 Å². The summed E-state index contributed by atoms with van der Waals surface area (Å²) in [6.45, 7) is 1.58. The Labute approximate surface area is 205 Å². The van der Waals surface area contributed by atoms with Gasteiger partial charge >= 0.3 is 5.97 Å². The standard InChI is InChI=1S/C28H21NO7/c1-11-22(31)27(35)36-28(11)20-16-10-17(30)18-19(24(33)13-7-3-2-6-12(13)23(18)32)21(16)29-26(28)15-9-5-4-8-14(15)25(20)34/h2-10,18-20,25-26,29-31,34H,1H3/t18?,19?,20-,25-,26+,28-/m1/s1. The third kappa shape index (κ3) is 2.26. The van der Waals surface area contributed by atoms with Gasteiger partial charge in [0.1, 0.15) is 5.76 Å². The number of ketones is 2. The molecule has 2 aliphatic heterocycles. The highest BCUT2D eigenvalue weighted by Gasteiger charge is 2.67. The molecule has 0 saturated carbocycles. The summed E-state index contributed by atoms with van der Waals surface area (Å²) in [7, 11) is 0. The highest BCUT2D eigenvalue weighted by atomic mass is 16.6. The number of Topliss-reactive ketones (excluding diaryl/α,β-unsaturated/α-hetero) is 2. The first-order valence-electron chi connectivity index (χ1n) is 11.8. The molecular weight excluding hydrogens is 462 g/mol. The molecule has 0 aromatic heterocycles. The van der Waals surface area contributed by atoms with Gasteiger partial charge in [-0.2, -0.15) is 0 Å². The summed E-state index contributed by atoms with van der Waals surface area (Å²) in [4.78, 5) is 39.8. The number of hydrogen-bond donors (Lipinski definition) is 4. The number of benzene rings is 2. The number of carbonyl (C=O) groups excluding carboxylic acids is 3. The van der Waals surface area contributed by atoms with E-state index in [9.17, 15) is 29.7 Å². The van der Waals surface area contributed by atoms with Crippen LogP contribution in [0.4, 0.5) is 0 Å². The third-order valence-electron chi connectivity index (χ3n) is 8.46. The molecule has 7 rings (SSSR count). The zero-order valence-corrected chi connectivity index (χ0v) is 19.1. The van der Waals surface area contributed by atoms with E-state index in [2.05, 4.69) is 5.32 Å². The summed E-state index contributed by atoms with van der Waals surface area (Å²) in [6.07, 6.45) is 0.222. The average molecular weight is 483 g/mol. The van der Waals surface area contributed by atoms with E-state index in [1.807, 2.05) is 0 Å². The van der Waals surface area contributed by atoms with Crippen LogP contribution in [0.15, 0.2) is 83.0 Å². The van der Waals surface area contributed by atoms with Crippen LogP contribution in [-0.4, -0.2) is 38.5 Å². The Morgan fingerprint density at radius 2 is 1.50 bits per heavy atom. The quantitative estimate of drug-likeness (QED) is 0.420. The van der Waals surface area contributed by atoms with Gasteiger partial charge in [-0.05, 0) is 29.7 Å². The fourth-order valence-electron chi connectivity index (χ4n) is 6.89. The third-order valence-corrected chi connectivity index (χ3v) is 8.46. The van der Waals surface area contributed by atoms with Crippen molar-refractivity contribution in [1.29, 1.82) is 0 Å². The molecule has 0 saturated heterocycles. The van der Waals surface area contributed by atoms with Gasteiger partial charge in [-0.1, -0.05) is 48.5 Å². The van der Waals surface area contributed by atoms with Gasteiger partial charge in [-0.3, -0.25) is 9.59 Å². The number of nitrogens with one attached hydrogen (secondary N) is 1. The number of esters is 1. The first-order valence-corrected chi connectivity index (χ1v) is 11.8.